The monoisotopic (exact) mass is 309 g/mol. The van der Waals surface area contributed by atoms with Crippen LogP contribution < -0.4 is 5.32 Å². The van der Waals surface area contributed by atoms with Crippen molar-refractivity contribution >= 4 is 0 Å². The maximum Gasteiger partial charge on any atom is 0.0718 e. The summed E-state index contributed by atoms with van der Waals surface area (Å²) in [6, 6.07) is 10.1. The average molecular weight is 309 g/mol. The zero-order valence-corrected chi connectivity index (χ0v) is 13.2. The predicted octanol–water partition coefficient (Wildman–Crippen LogP) is 1.61. The largest absolute Gasteiger partial charge is 0.377 e. The number of hydrogen-bond donors (Lipinski definition) is 1. The molecule has 124 valence electrons. The van der Waals surface area contributed by atoms with Crippen molar-refractivity contribution in [3.8, 4) is 0 Å². The number of benzene rings is 1. The van der Waals surface area contributed by atoms with E-state index < -0.39 is 0 Å². The molecule has 0 radical (unpaired) electrons. The van der Waals surface area contributed by atoms with Crippen LogP contribution >= 0.6 is 0 Å². The van der Waals surface area contributed by atoms with Crippen LogP contribution in [-0.4, -0.2) is 58.8 Å². The SMILES string of the molecule is c1ccc(COCCOCCOCCOC2CCNC2)cc1. The number of rotatable bonds is 12. The van der Waals surface area contributed by atoms with E-state index in [1.54, 1.807) is 0 Å². The van der Waals surface area contributed by atoms with Crippen molar-refractivity contribution in [1.82, 2.24) is 5.32 Å². The molecule has 22 heavy (non-hydrogen) atoms. The van der Waals surface area contributed by atoms with Gasteiger partial charge in [0.2, 0.25) is 0 Å². The molecule has 1 heterocycles. The van der Waals surface area contributed by atoms with Crippen molar-refractivity contribution in [2.45, 2.75) is 19.1 Å². The van der Waals surface area contributed by atoms with E-state index in [0.29, 0.717) is 52.4 Å². The third-order valence-corrected chi connectivity index (χ3v) is 3.45. The molecule has 5 nitrogen and oxygen atoms in total. The second-order valence-electron chi connectivity index (χ2n) is 5.25. The van der Waals surface area contributed by atoms with E-state index in [9.17, 15) is 0 Å². The summed E-state index contributed by atoms with van der Waals surface area (Å²) in [7, 11) is 0. The summed E-state index contributed by atoms with van der Waals surface area (Å²) in [5.41, 5.74) is 1.18. The standard InChI is InChI=1S/C17H27NO4/c1-2-4-16(5-3-1)15-21-11-10-19-8-9-20-12-13-22-17-6-7-18-14-17/h1-5,17-18H,6-15H2. The van der Waals surface area contributed by atoms with Crippen LogP contribution in [0.3, 0.4) is 0 Å². The molecule has 0 saturated carbocycles. The molecule has 1 aromatic rings. The van der Waals surface area contributed by atoms with Gasteiger partial charge in [-0.3, -0.25) is 0 Å². The normalized spacial score (nSPS) is 17.9. The lowest BCUT2D eigenvalue weighted by atomic mass is 10.2. The topological polar surface area (TPSA) is 49.0 Å². The molecule has 0 bridgehead atoms. The first-order chi connectivity index (χ1) is 10.9. The van der Waals surface area contributed by atoms with Gasteiger partial charge in [-0.2, -0.15) is 0 Å². The van der Waals surface area contributed by atoms with Gasteiger partial charge >= 0.3 is 0 Å². The molecular formula is C17H27NO4. The molecule has 1 aromatic carbocycles. The van der Waals surface area contributed by atoms with Crippen LogP contribution in [0.15, 0.2) is 30.3 Å². The Bertz CT molecular complexity index is 368. The van der Waals surface area contributed by atoms with Crippen molar-refractivity contribution in [2.75, 3.05) is 52.7 Å². The highest BCUT2D eigenvalue weighted by atomic mass is 16.6. The molecule has 2 rings (SSSR count). The fourth-order valence-electron chi connectivity index (χ4n) is 2.25. The molecule has 0 aromatic heterocycles. The van der Waals surface area contributed by atoms with Crippen LogP contribution in [0.4, 0.5) is 0 Å². The molecular weight excluding hydrogens is 282 g/mol. The Balaban J connectivity index is 1.30. The first-order valence-corrected chi connectivity index (χ1v) is 8.04. The van der Waals surface area contributed by atoms with Crippen LogP contribution in [0.1, 0.15) is 12.0 Å². The highest BCUT2D eigenvalue weighted by Crippen LogP contribution is 2.02. The molecule has 1 aliphatic rings. The quantitative estimate of drug-likeness (QED) is 0.595. The third kappa shape index (κ3) is 7.87. The van der Waals surface area contributed by atoms with Gasteiger partial charge in [-0.25, -0.2) is 0 Å². The Hall–Kier alpha value is -0.980. The second-order valence-corrected chi connectivity index (χ2v) is 5.25. The maximum atomic E-state index is 5.66. The number of ether oxygens (including phenoxy) is 4. The lowest BCUT2D eigenvalue weighted by molar-refractivity contribution is -0.0159. The van der Waals surface area contributed by atoms with E-state index in [0.717, 1.165) is 19.5 Å². The minimum absolute atomic E-state index is 0.363. The summed E-state index contributed by atoms with van der Waals surface area (Å²) in [4.78, 5) is 0. The van der Waals surface area contributed by atoms with Crippen LogP contribution in [0, 0.1) is 0 Å². The molecule has 1 atom stereocenters. The van der Waals surface area contributed by atoms with Gasteiger partial charge < -0.3 is 24.3 Å². The summed E-state index contributed by atoms with van der Waals surface area (Å²) < 4.78 is 22.1. The van der Waals surface area contributed by atoms with Crippen LogP contribution in [0.5, 0.6) is 0 Å². The van der Waals surface area contributed by atoms with E-state index in [-0.39, 0.29) is 0 Å². The fraction of sp³-hybridized carbons (Fsp3) is 0.647. The average Bonchev–Trinajstić information content (AvgIpc) is 3.07. The smallest absolute Gasteiger partial charge is 0.0718 e. The Morgan fingerprint density at radius 1 is 0.864 bits per heavy atom. The van der Waals surface area contributed by atoms with Gasteiger partial charge in [0.15, 0.2) is 0 Å². The van der Waals surface area contributed by atoms with E-state index in [1.165, 1.54) is 5.56 Å². The van der Waals surface area contributed by atoms with E-state index in [2.05, 4.69) is 17.4 Å². The van der Waals surface area contributed by atoms with Gasteiger partial charge in [-0.05, 0) is 18.5 Å². The minimum atomic E-state index is 0.363. The van der Waals surface area contributed by atoms with Gasteiger partial charge in [0.1, 0.15) is 0 Å². The predicted molar refractivity (Wildman–Crippen MR) is 85.0 cm³/mol. The number of hydrogen-bond acceptors (Lipinski definition) is 5. The summed E-state index contributed by atoms with van der Waals surface area (Å²) in [6.07, 6.45) is 1.47. The lowest BCUT2D eigenvalue weighted by Crippen LogP contribution is -2.19. The highest BCUT2D eigenvalue weighted by molar-refractivity contribution is 5.13. The summed E-state index contributed by atoms with van der Waals surface area (Å²) >= 11 is 0. The molecule has 1 aliphatic heterocycles. The van der Waals surface area contributed by atoms with Crippen LogP contribution in [-0.2, 0) is 25.6 Å². The minimum Gasteiger partial charge on any atom is -0.377 e. The van der Waals surface area contributed by atoms with Crippen LogP contribution in [0.25, 0.3) is 0 Å². The zero-order chi connectivity index (χ0) is 15.3. The summed E-state index contributed by atoms with van der Waals surface area (Å²) in [5.74, 6) is 0. The summed E-state index contributed by atoms with van der Waals surface area (Å²) in [6.45, 7) is 6.35. The molecule has 0 spiro atoms. The van der Waals surface area contributed by atoms with Gasteiger partial charge in [0.05, 0.1) is 52.4 Å². The van der Waals surface area contributed by atoms with Crippen molar-refractivity contribution in [3.05, 3.63) is 35.9 Å². The van der Waals surface area contributed by atoms with E-state index >= 15 is 0 Å². The maximum absolute atomic E-state index is 5.66. The first kappa shape index (κ1) is 17.4. The number of nitrogens with one attached hydrogen (secondary N) is 1. The van der Waals surface area contributed by atoms with Gasteiger partial charge in [0, 0.05) is 6.54 Å². The molecule has 0 aliphatic carbocycles. The van der Waals surface area contributed by atoms with Crippen molar-refractivity contribution in [2.24, 2.45) is 0 Å². The van der Waals surface area contributed by atoms with Crippen molar-refractivity contribution < 1.29 is 18.9 Å². The third-order valence-electron chi connectivity index (χ3n) is 3.45. The molecule has 5 heteroatoms. The second kappa shape index (κ2) is 11.6. The molecule has 0 amide bonds. The van der Waals surface area contributed by atoms with Gasteiger partial charge in [0.25, 0.3) is 0 Å². The van der Waals surface area contributed by atoms with E-state index in [4.69, 9.17) is 18.9 Å². The Kier molecular flexibility index (Phi) is 9.14. The lowest BCUT2D eigenvalue weighted by Gasteiger charge is -2.10. The Morgan fingerprint density at radius 3 is 2.23 bits per heavy atom. The van der Waals surface area contributed by atoms with Crippen molar-refractivity contribution in [3.63, 3.8) is 0 Å². The molecule has 1 fully saturated rings. The molecule has 1 unspecified atom stereocenters. The highest BCUT2D eigenvalue weighted by Gasteiger charge is 2.13. The van der Waals surface area contributed by atoms with Crippen molar-refractivity contribution in [1.29, 1.82) is 0 Å². The molecule has 1 N–H and O–H groups in total. The Morgan fingerprint density at radius 2 is 1.55 bits per heavy atom. The van der Waals surface area contributed by atoms with E-state index in [1.807, 2.05) is 18.2 Å². The molecule has 1 saturated heterocycles. The first-order valence-electron chi connectivity index (χ1n) is 8.04. The van der Waals surface area contributed by atoms with Gasteiger partial charge in [-0.1, -0.05) is 30.3 Å². The van der Waals surface area contributed by atoms with Gasteiger partial charge in [-0.15, -0.1) is 0 Å². The fourth-order valence-corrected chi connectivity index (χ4v) is 2.25. The Labute approximate surface area is 132 Å². The van der Waals surface area contributed by atoms with Crippen LogP contribution in [0.2, 0.25) is 0 Å². The zero-order valence-electron chi connectivity index (χ0n) is 13.2. The summed E-state index contributed by atoms with van der Waals surface area (Å²) in [5, 5.41) is 3.27.